The molecule has 1 fully saturated rings. The lowest BCUT2D eigenvalue weighted by atomic mass is 10.1. The zero-order valence-electron chi connectivity index (χ0n) is 9.48. The molecule has 0 amide bonds. The molecule has 1 aliphatic rings. The number of likely N-dealkylation sites (N-methyl/N-ethyl adjacent to an activating group) is 1. The maximum atomic E-state index is 9.05. The fourth-order valence-corrected chi connectivity index (χ4v) is 2.25. The van der Waals surface area contributed by atoms with Crippen molar-refractivity contribution in [3.05, 3.63) is 24.0 Å². The largest absolute Gasteiger partial charge is 0.365 e. The van der Waals surface area contributed by atoms with Gasteiger partial charge in [0.25, 0.3) is 0 Å². The molecule has 0 aromatic carbocycles. The highest BCUT2D eigenvalue weighted by Crippen LogP contribution is 2.22. The molecule has 84 valence electrons. The molecule has 0 bridgehead atoms. The molecule has 1 N–H and O–H groups in total. The van der Waals surface area contributed by atoms with Gasteiger partial charge in [-0.05, 0) is 32.0 Å². The Bertz CT molecular complexity index is 390. The summed E-state index contributed by atoms with van der Waals surface area (Å²) < 4.78 is 0. The molecule has 2 heterocycles. The summed E-state index contributed by atoms with van der Waals surface area (Å²) in [6, 6.07) is 6.52. The van der Waals surface area contributed by atoms with Crippen LogP contribution < -0.4 is 10.2 Å². The van der Waals surface area contributed by atoms with Crippen LogP contribution in [0.5, 0.6) is 0 Å². The van der Waals surface area contributed by atoms with Crippen LogP contribution in [0.2, 0.25) is 0 Å². The van der Waals surface area contributed by atoms with Gasteiger partial charge in [-0.15, -0.1) is 0 Å². The number of aromatic nitrogens is 1. The molecular weight excluding hydrogens is 200 g/mol. The van der Waals surface area contributed by atoms with E-state index in [-0.39, 0.29) is 0 Å². The Morgan fingerprint density at radius 1 is 1.69 bits per heavy atom. The van der Waals surface area contributed by atoms with E-state index in [1.165, 1.54) is 0 Å². The fourth-order valence-electron chi connectivity index (χ4n) is 2.25. The first-order valence-corrected chi connectivity index (χ1v) is 5.69. The third-order valence-electron chi connectivity index (χ3n) is 3.02. The summed E-state index contributed by atoms with van der Waals surface area (Å²) in [4.78, 5) is 6.38. The van der Waals surface area contributed by atoms with Crippen LogP contribution in [0, 0.1) is 11.3 Å². The molecule has 4 nitrogen and oxygen atoms in total. The van der Waals surface area contributed by atoms with Crippen LogP contribution in [0.15, 0.2) is 18.3 Å². The van der Waals surface area contributed by atoms with Crippen molar-refractivity contribution >= 4 is 5.69 Å². The molecule has 2 rings (SSSR count). The Labute approximate surface area is 95.9 Å². The minimum Gasteiger partial charge on any atom is -0.365 e. The second-order valence-corrected chi connectivity index (χ2v) is 3.92. The number of nitriles is 1. The molecular formula is C12H16N4. The van der Waals surface area contributed by atoms with E-state index in [1.807, 2.05) is 12.1 Å². The summed E-state index contributed by atoms with van der Waals surface area (Å²) in [5, 5.41) is 12.4. The van der Waals surface area contributed by atoms with E-state index in [1.54, 1.807) is 6.20 Å². The van der Waals surface area contributed by atoms with Crippen molar-refractivity contribution in [3.8, 4) is 6.07 Å². The van der Waals surface area contributed by atoms with Gasteiger partial charge in [-0.3, -0.25) is 0 Å². The molecule has 0 saturated carbocycles. The molecule has 1 aromatic heterocycles. The van der Waals surface area contributed by atoms with Crippen molar-refractivity contribution in [3.63, 3.8) is 0 Å². The lowest BCUT2D eigenvalue weighted by Crippen LogP contribution is -2.37. The van der Waals surface area contributed by atoms with E-state index in [4.69, 9.17) is 5.26 Å². The van der Waals surface area contributed by atoms with Crippen LogP contribution in [-0.2, 0) is 0 Å². The highest BCUT2D eigenvalue weighted by atomic mass is 15.2. The highest BCUT2D eigenvalue weighted by Gasteiger charge is 2.23. The summed E-state index contributed by atoms with van der Waals surface area (Å²) in [5.41, 5.74) is 1.48. The van der Waals surface area contributed by atoms with Gasteiger partial charge in [0, 0.05) is 25.3 Å². The Morgan fingerprint density at radius 2 is 2.56 bits per heavy atom. The molecule has 16 heavy (non-hydrogen) atoms. The van der Waals surface area contributed by atoms with E-state index in [0.717, 1.165) is 31.7 Å². The highest BCUT2D eigenvalue weighted by molar-refractivity contribution is 5.56. The number of nitrogens with one attached hydrogen (secondary N) is 1. The zero-order chi connectivity index (χ0) is 11.4. The van der Waals surface area contributed by atoms with Gasteiger partial charge in [0.05, 0.1) is 5.69 Å². The Hall–Kier alpha value is -1.60. The standard InChI is InChI=1S/C12H16N4/c1-2-16(10-5-7-14-9-10)12-4-3-6-15-11(12)8-13/h3-4,6,10,14H,2,5,7,9H2,1H3. The van der Waals surface area contributed by atoms with Crippen molar-refractivity contribution in [2.24, 2.45) is 0 Å². The van der Waals surface area contributed by atoms with Crippen molar-refractivity contribution in [1.82, 2.24) is 10.3 Å². The summed E-state index contributed by atoms with van der Waals surface area (Å²) in [6.07, 6.45) is 2.80. The van der Waals surface area contributed by atoms with Gasteiger partial charge in [-0.1, -0.05) is 0 Å². The van der Waals surface area contributed by atoms with Gasteiger partial charge in [-0.2, -0.15) is 5.26 Å². The van der Waals surface area contributed by atoms with E-state index in [0.29, 0.717) is 11.7 Å². The summed E-state index contributed by atoms with van der Waals surface area (Å²) in [5.74, 6) is 0. The SMILES string of the molecule is CCN(c1cccnc1C#N)C1CCNC1. The smallest absolute Gasteiger partial charge is 0.163 e. The lowest BCUT2D eigenvalue weighted by Gasteiger charge is -2.29. The molecule has 4 heteroatoms. The van der Waals surface area contributed by atoms with Crippen LogP contribution in [0.3, 0.4) is 0 Å². The van der Waals surface area contributed by atoms with Crippen molar-refractivity contribution in [2.75, 3.05) is 24.5 Å². The van der Waals surface area contributed by atoms with Gasteiger partial charge in [-0.25, -0.2) is 4.98 Å². The topological polar surface area (TPSA) is 52.0 Å². The second kappa shape index (κ2) is 4.95. The number of pyridine rings is 1. The Kier molecular flexibility index (Phi) is 3.37. The predicted molar refractivity (Wildman–Crippen MR) is 63.2 cm³/mol. The quantitative estimate of drug-likeness (QED) is 0.823. The first-order chi connectivity index (χ1) is 7.86. The molecule has 1 aromatic rings. The van der Waals surface area contributed by atoms with Crippen LogP contribution in [0.1, 0.15) is 19.0 Å². The lowest BCUT2D eigenvalue weighted by molar-refractivity contribution is 0.646. The number of hydrogen-bond donors (Lipinski definition) is 1. The van der Waals surface area contributed by atoms with E-state index >= 15 is 0 Å². The van der Waals surface area contributed by atoms with Crippen molar-refractivity contribution in [2.45, 2.75) is 19.4 Å². The van der Waals surface area contributed by atoms with Crippen LogP contribution >= 0.6 is 0 Å². The molecule has 1 saturated heterocycles. The van der Waals surface area contributed by atoms with Crippen LogP contribution in [0.4, 0.5) is 5.69 Å². The fraction of sp³-hybridized carbons (Fsp3) is 0.500. The van der Waals surface area contributed by atoms with Crippen molar-refractivity contribution < 1.29 is 0 Å². The summed E-state index contributed by atoms with van der Waals surface area (Å²) in [6.45, 7) is 5.08. The minimum absolute atomic E-state index is 0.487. The normalized spacial score (nSPS) is 19.4. The Balaban J connectivity index is 2.29. The molecule has 0 spiro atoms. The maximum absolute atomic E-state index is 9.05. The average Bonchev–Trinajstić information content (AvgIpc) is 2.84. The van der Waals surface area contributed by atoms with Gasteiger partial charge < -0.3 is 10.2 Å². The number of nitrogens with zero attached hydrogens (tertiary/aromatic N) is 3. The van der Waals surface area contributed by atoms with E-state index < -0.39 is 0 Å². The van der Waals surface area contributed by atoms with Crippen LogP contribution in [0.25, 0.3) is 0 Å². The molecule has 1 atom stereocenters. The minimum atomic E-state index is 0.487. The zero-order valence-corrected chi connectivity index (χ0v) is 9.48. The molecule has 1 unspecified atom stereocenters. The van der Waals surface area contributed by atoms with Gasteiger partial charge >= 0.3 is 0 Å². The summed E-state index contributed by atoms with van der Waals surface area (Å²) >= 11 is 0. The Morgan fingerprint density at radius 3 is 3.19 bits per heavy atom. The summed E-state index contributed by atoms with van der Waals surface area (Å²) in [7, 11) is 0. The molecule has 1 aliphatic heterocycles. The third-order valence-corrected chi connectivity index (χ3v) is 3.02. The predicted octanol–water partition coefficient (Wildman–Crippen LogP) is 1.14. The van der Waals surface area contributed by atoms with Crippen LogP contribution in [-0.4, -0.2) is 30.7 Å². The molecule has 0 radical (unpaired) electrons. The van der Waals surface area contributed by atoms with E-state index in [2.05, 4.69) is 28.2 Å². The van der Waals surface area contributed by atoms with Gasteiger partial charge in [0.2, 0.25) is 0 Å². The maximum Gasteiger partial charge on any atom is 0.163 e. The first kappa shape index (κ1) is 10.9. The van der Waals surface area contributed by atoms with Crippen molar-refractivity contribution in [1.29, 1.82) is 5.26 Å². The number of anilines is 1. The third kappa shape index (κ3) is 2.00. The van der Waals surface area contributed by atoms with Gasteiger partial charge in [0.15, 0.2) is 5.69 Å². The average molecular weight is 216 g/mol. The second-order valence-electron chi connectivity index (χ2n) is 3.92. The number of hydrogen-bond acceptors (Lipinski definition) is 4. The molecule has 0 aliphatic carbocycles. The van der Waals surface area contributed by atoms with Gasteiger partial charge in [0.1, 0.15) is 6.07 Å². The number of rotatable bonds is 3. The first-order valence-electron chi connectivity index (χ1n) is 5.69. The monoisotopic (exact) mass is 216 g/mol. The van der Waals surface area contributed by atoms with E-state index in [9.17, 15) is 0 Å².